The summed E-state index contributed by atoms with van der Waals surface area (Å²) in [5.74, 6) is 0.289. The van der Waals surface area contributed by atoms with Gasteiger partial charge >= 0.3 is 5.97 Å². The monoisotopic (exact) mass is 402 g/mol. The third-order valence-electron chi connectivity index (χ3n) is 9.05. The van der Waals surface area contributed by atoms with Gasteiger partial charge in [-0.3, -0.25) is 14.4 Å². The largest absolute Gasteiger partial charge is 0.458 e. The SMILES string of the molecule is CC(=O)OCC(=O)[C@H]1CC[C@H]2[C@@H]3CCC4=CC(=O)CC[C@]4(C)[C@H]3[C@@H]3C[C@]12[C@@H](O)O3. The summed E-state index contributed by atoms with van der Waals surface area (Å²) in [6.45, 7) is 3.37. The van der Waals surface area contributed by atoms with E-state index in [2.05, 4.69) is 6.92 Å². The smallest absolute Gasteiger partial charge is 0.303 e. The van der Waals surface area contributed by atoms with E-state index in [0.29, 0.717) is 18.8 Å². The molecule has 29 heavy (non-hydrogen) atoms. The van der Waals surface area contributed by atoms with Crippen LogP contribution < -0.4 is 0 Å². The molecule has 6 heteroatoms. The van der Waals surface area contributed by atoms with Gasteiger partial charge in [0.05, 0.1) is 6.10 Å². The number of aliphatic hydroxyl groups is 1. The predicted molar refractivity (Wildman–Crippen MR) is 102 cm³/mol. The van der Waals surface area contributed by atoms with Crippen molar-refractivity contribution in [3.63, 3.8) is 0 Å². The van der Waals surface area contributed by atoms with Crippen molar-refractivity contribution in [2.75, 3.05) is 6.61 Å². The lowest BCUT2D eigenvalue weighted by molar-refractivity contribution is -0.163. The normalized spacial score (nSPS) is 47.7. The number of rotatable bonds is 3. The van der Waals surface area contributed by atoms with Gasteiger partial charge in [-0.05, 0) is 67.8 Å². The van der Waals surface area contributed by atoms with Gasteiger partial charge in [-0.15, -0.1) is 0 Å². The van der Waals surface area contributed by atoms with Crippen molar-refractivity contribution >= 4 is 17.5 Å². The number of hydrogen-bond donors (Lipinski definition) is 1. The summed E-state index contributed by atoms with van der Waals surface area (Å²) < 4.78 is 11.2. The molecule has 0 unspecified atom stereocenters. The molecular formula is C23H30O6. The first-order valence-electron chi connectivity index (χ1n) is 11.0. The number of allylic oxidation sites excluding steroid dienone is 1. The van der Waals surface area contributed by atoms with Crippen LogP contribution >= 0.6 is 0 Å². The number of carbonyl (C=O) groups is 3. The van der Waals surface area contributed by atoms with Crippen molar-refractivity contribution < 1.29 is 29.0 Å². The van der Waals surface area contributed by atoms with Gasteiger partial charge in [0.1, 0.15) is 6.61 Å². The zero-order chi connectivity index (χ0) is 20.6. The van der Waals surface area contributed by atoms with Gasteiger partial charge in [0.15, 0.2) is 17.9 Å². The summed E-state index contributed by atoms with van der Waals surface area (Å²) in [6.07, 6.45) is 6.49. The number of hydrogen-bond acceptors (Lipinski definition) is 6. The lowest BCUT2D eigenvalue weighted by Gasteiger charge is -2.57. The van der Waals surface area contributed by atoms with Gasteiger partial charge in [-0.2, -0.15) is 0 Å². The number of esters is 1. The third kappa shape index (κ3) is 2.57. The van der Waals surface area contributed by atoms with E-state index in [1.165, 1.54) is 12.5 Å². The maximum absolute atomic E-state index is 12.9. The molecule has 0 aromatic heterocycles. The number of aliphatic hydroxyl groups excluding tert-OH is 1. The second-order valence-corrected chi connectivity index (χ2v) is 10.1. The van der Waals surface area contributed by atoms with E-state index in [-0.39, 0.29) is 47.4 Å². The lowest BCUT2D eigenvalue weighted by Crippen LogP contribution is -2.55. The van der Waals surface area contributed by atoms with Crippen molar-refractivity contribution in [2.24, 2.45) is 34.5 Å². The van der Waals surface area contributed by atoms with Crippen LogP contribution in [0.2, 0.25) is 0 Å². The van der Waals surface area contributed by atoms with Crippen LogP contribution in [0.1, 0.15) is 58.8 Å². The van der Waals surface area contributed by atoms with Crippen molar-refractivity contribution in [3.05, 3.63) is 11.6 Å². The third-order valence-corrected chi connectivity index (χ3v) is 9.05. The van der Waals surface area contributed by atoms with Gasteiger partial charge in [-0.1, -0.05) is 12.5 Å². The molecule has 4 fully saturated rings. The molecule has 1 spiro atoms. The molecule has 6 nitrogen and oxygen atoms in total. The first-order chi connectivity index (χ1) is 13.8. The van der Waals surface area contributed by atoms with Crippen molar-refractivity contribution in [2.45, 2.75) is 71.2 Å². The molecule has 158 valence electrons. The molecule has 5 rings (SSSR count). The molecule has 4 aliphatic carbocycles. The second-order valence-electron chi connectivity index (χ2n) is 10.1. The van der Waals surface area contributed by atoms with Crippen molar-refractivity contribution in [1.29, 1.82) is 0 Å². The Morgan fingerprint density at radius 1 is 1.28 bits per heavy atom. The van der Waals surface area contributed by atoms with Crippen LogP contribution in [0.25, 0.3) is 0 Å². The van der Waals surface area contributed by atoms with Gasteiger partial charge in [0, 0.05) is 24.7 Å². The standard InChI is InChI=1S/C23H30O6/c1-12(24)28-11-18(26)17-6-5-16-15-4-3-13-9-14(25)7-8-22(13,2)20(15)19-10-23(16,17)21(27)29-19/h9,15-17,19-21,27H,3-8,10-11H2,1-2H3/t15-,16-,17+,19-,20+,21-,22-,23+/m0/s1. The van der Waals surface area contributed by atoms with Gasteiger partial charge in [0.2, 0.25) is 0 Å². The Hall–Kier alpha value is -1.53. The molecule has 0 radical (unpaired) electrons. The molecule has 0 aromatic carbocycles. The molecule has 1 heterocycles. The summed E-state index contributed by atoms with van der Waals surface area (Å²) in [5, 5.41) is 11.1. The second kappa shape index (κ2) is 6.48. The summed E-state index contributed by atoms with van der Waals surface area (Å²) in [5.41, 5.74) is 0.649. The fourth-order valence-electron chi connectivity index (χ4n) is 7.96. The Morgan fingerprint density at radius 3 is 2.83 bits per heavy atom. The van der Waals surface area contributed by atoms with Gasteiger partial charge in [-0.25, -0.2) is 0 Å². The minimum atomic E-state index is -0.946. The highest BCUT2D eigenvalue weighted by molar-refractivity contribution is 5.91. The zero-order valence-electron chi connectivity index (χ0n) is 17.2. The van der Waals surface area contributed by atoms with Crippen LogP contribution in [0, 0.1) is 34.5 Å². The van der Waals surface area contributed by atoms with E-state index in [1.54, 1.807) is 0 Å². The first-order valence-corrected chi connectivity index (χ1v) is 11.0. The van der Waals surface area contributed by atoms with Crippen LogP contribution in [0.5, 0.6) is 0 Å². The number of ketones is 2. The highest BCUT2D eigenvalue weighted by atomic mass is 16.6. The fourth-order valence-corrected chi connectivity index (χ4v) is 7.96. The van der Waals surface area contributed by atoms with Gasteiger partial charge < -0.3 is 14.6 Å². The average molecular weight is 402 g/mol. The van der Waals surface area contributed by atoms with E-state index in [1.807, 2.05) is 6.08 Å². The summed E-state index contributed by atoms with van der Waals surface area (Å²) in [6, 6.07) is 0. The number of carbonyl (C=O) groups excluding carboxylic acids is 3. The Morgan fingerprint density at radius 2 is 2.07 bits per heavy atom. The maximum atomic E-state index is 12.9. The van der Waals surface area contributed by atoms with E-state index < -0.39 is 17.7 Å². The Kier molecular flexibility index (Phi) is 4.34. The molecule has 3 saturated carbocycles. The fraction of sp³-hybridized carbons (Fsp3) is 0.783. The predicted octanol–water partition coefficient (Wildman–Crippen LogP) is 2.57. The molecule has 1 aliphatic heterocycles. The molecular weight excluding hydrogens is 372 g/mol. The molecule has 1 saturated heterocycles. The Bertz CT molecular complexity index is 801. The number of Topliss-reactive ketones (excluding diaryl/α,β-unsaturated/α-hetero) is 1. The maximum Gasteiger partial charge on any atom is 0.303 e. The van der Waals surface area contributed by atoms with E-state index >= 15 is 0 Å². The van der Waals surface area contributed by atoms with Crippen LogP contribution in [0.3, 0.4) is 0 Å². The van der Waals surface area contributed by atoms with Crippen LogP contribution in [0.15, 0.2) is 11.6 Å². The molecule has 0 amide bonds. The molecule has 5 aliphatic rings. The minimum Gasteiger partial charge on any atom is -0.458 e. The molecule has 1 N–H and O–H groups in total. The van der Waals surface area contributed by atoms with Crippen LogP contribution in [-0.2, 0) is 23.9 Å². The number of ether oxygens (including phenoxy) is 2. The first kappa shape index (κ1) is 19.4. The summed E-state index contributed by atoms with van der Waals surface area (Å²) in [7, 11) is 0. The molecule has 0 aromatic rings. The van der Waals surface area contributed by atoms with Crippen molar-refractivity contribution in [3.8, 4) is 0 Å². The highest BCUT2D eigenvalue weighted by Crippen LogP contribution is 2.71. The van der Waals surface area contributed by atoms with Gasteiger partial charge in [0.25, 0.3) is 0 Å². The van der Waals surface area contributed by atoms with E-state index in [0.717, 1.165) is 32.1 Å². The zero-order valence-corrected chi connectivity index (χ0v) is 17.2. The highest BCUT2D eigenvalue weighted by Gasteiger charge is 2.71. The molecule has 8 atom stereocenters. The quantitative estimate of drug-likeness (QED) is 0.730. The van der Waals surface area contributed by atoms with Crippen LogP contribution in [-0.4, -0.2) is 41.6 Å². The van der Waals surface area contributed by atoms with Crippen LogP contribution in [0.4, 0.5) is 0 Å². The summed E-state index contributed by atoms with van der Waals surface area (Å²) >= 11 is 0. The topological polar surface area (TPSA) is 89.9 Å². The molecule has 2 bridgehead atoms. The Balaban J connectivity index is 1.48. The minimum absolute atomic E-state index is 0.0580. The average Bonchev–Trinajstić information content (AvgIpc) is 3.19. The van der Waals surface area contributed by atoms with Crippen molar-refractivity contribution in [1.82, 2.24) is 0 Å². The van der Waals surface area contributed by atoms with E-state index in [4.69, 9.17) is 9.47 Å². The number of fused-ring (bicyclic) bond motifs is 6. The summed E-state index contributed by atoms with van der Waals surface area (Å²) in [4.78, 5) is 36.1. The lowest BCUT2D eigenvalue weighted by atomic mass is 9.46. The Labute approximate surface area is 171 Å². The van der Waals surface area contributed by atoms with E-state index in [9.17, 15) is 19.5 Å².